The van der Waals surface area contributed by atoms with E-state index in [2.05, 4.69) is 12.8 Å². The Bertz CT molecular complexity index is 404. The highest BCUT2D eigenvalue weighted by atomic mass is 32.1. The molecule has 1 aromatic heterocycles. The zero-order valence-electron chi connectivity index (χ0n) is 9.36. The van der Waals surface area contributed by atoms with Crippen molar-refractivity contribution in [1.82, 2.24) is 0 Å². The number of terminal acetylenes is 1. The largest absolute Gasteiger partial charge is 0.328 e. The summed E-state index contributed by atoms with van der Waals surface area (Å²) in [7, 11) is 0. The molecule has 1 heterocycles. The topological polar surface area (TPSA) is 43.1 Å². The molecule has 0 N–H and O–H groups in total. The molecule has 0 fully saturated rings. The minimum atomic E-state index is -0.333. The molecule has 0 saturated heterocycles. The Balaban J connectivity index is 2.67. The molecule has 0 spiro atoms. The molecule has 4 heteroatoms. The van der Waals surface area contributed by atoms with Crippen LogP contribution in [0.5, 0.6) is 0 Å². The van der Waals surface area contributed by atoms with Crippen molar-refractivity contribution in [2.24, 2.45) is 0 Å². The third kappa shape index (κ3) is 3.35. The summed E-state index contributed by atoms with van der Waals surface area (Å²) < 4.78 is 0. The fourth-order valence-electron chi connectivity index (χ4n) is 1.57. The lowest BCUT2D eigenvalue weighted by molar-refractivity contribution is -0.380. The molecule has 0 aromatic carbocycles. The van der Waals surface area contributed by atoms with Gasteiger partial charge in [0.1, 0.15) is 0 Å². The molecule has 0 aliphatic rings. The van der Waals surface area contributed by atoms with Crippen LogP contribution in [0.15, 0.2) is 6.07 Å². The smallest absolute Gasteiger partial charge is 0.258 e. The second-order valence-corrected chi connectivity index (χ2v) is 4.68. The van der Waals surface area contributed by atoms with Crippen LogP contribution in [0.2, 0.25) is 0 Å². The van der Waals surface area contributed by atoms with Crippen LogP contribution in [0.25, 0.3) is 0 Å². The number of unbranched alkanes of at least 4 members (excludes halogenated alkanes) is 3. The van der Waals surface area contributed by atoms with Gasteiger partial charge in [-0.25, -0.2) is 0 Å². The van der Waals surface area contributed by atoms with Crippen LogP contribution < -0.4 is 0 Å². The Morgan fingerprint density at radius 2 is 2.25 bits per heavy atom. The second kappa shape index (κ2) is 6.29. The van der Waals surface area contributed by atoms with E-state index in [0.717, 1.165) is 36.2 Å². The minimum absolute atomic E-state index is 0.212. The lowest BCUT2D eigenvalue weighted by Gasteiger charge is -1.97. The monoisotopic (exact) mass is 237 g/mol. The maximum Gasteiger partial charge on any atom is 0.328 e. The first-order chi connectivity index (χ1) is 7.69. The van der Waals surface area contributed by atoms with Crippen molar-refractivity contribution in [2.45, 2.75) is 39.0 Å². The van der Waals surface area contributed by atoms with E-state index in [-0.39, 0.29) is 9.92 Å². The van der Waals surface area contributed by atoms with E-state index >= 15 is 0 Å². The zero-order chi connectivity index (χ0) is 12.0. The Hall–Kier alpha value is -1.34. The lowest BCUT2D eigenvalue weighted by atomic mass is 10.1. The summed E-state index contributed by atoms with van der Waals surface area (Å²) in [6, 6.07) is 1.77. The van der Waals surface area contributed by atoms with Crippen LogP contribution in [-0.2, 0) is 6.42 Å². The number of nitrogens with zero attached hydrogens (tertiary/aromatic N) is 1. The molecule has 1 aromatic rings. The van der Waals surface area contributed by atoms with Gasteiger partial charge >= 0.3 is 5.00 Å². The highest BCUT2D eigenvalue weighted by Gasteiger charge is 2.17. The van der Waals surface area contributed by atoms with Gasteiger partial charge in [-0.15, -0.1) is 6.42 Å². The van der Waals surface area contributed by atoms with Gasteiger partial charge in [0, 0.05) is 5.56 Å². The number of thiophene rings is 1. The van der Waals surface area contributed by atoms with E-state index in [1.165, 1.54) is 12.8 Å². The van der Waals surface area contributed by atoms with Gasteiger partial charge in [-0.3, -0.25) is 10.1 Å². The standard InChI is InChI=1S/C12H15NO2S/c1-3-5-6-7-8-10-9-11(4-2)16-12(10)13(14)15/h2,9H,3,5-8H2,1H3. The molecule has 0 unspecified atom stereocenters. The van der Waals surface area contributed by atoms with Crippen LogP contribution in [0.1, 0.15) is 43.0 Å². The number of aryl methyl sites for hydroxylation is 1. The molecule has 86 valence electrons. The van der Waals surface area contributed by atoms with E-state index in [1.54, 1.807) is 6.07 Å². The molecule has 0 radical (unpaired) electrons. The Morgan fingerprint density at radius 3 is 2.81 bits per heavy atom. The molecule has 0 atom stereocenters. The number of hydrogen-bond acceptors (Lipinski definition) is 3. The Morgan fingerprint density at radius 1 is 1.50 bits per heavy atom. The number of rotatable bonds is 6. The van der Waals surface area contributed by atoms with Gasteiger partial charge in [-0.1, -0.05) is 43.4 Å². The molecule has 0 saturated carbocycles. The van der Waals surface area contributed by atoms with E-state index in [9.17, 15) is 10.1 Å². The van der Waals surface area contributed by atoms with Crippen molar-refractivity contribution in [3.63, 3.8) is 0 Å². The van der Waals surface area contributed by atoms with Crippen LogP contribution in [-0.4, -0.2) is 4.92 Å². The summed E-state index contributed by atoms with van der Waals surface area (Å²) >= 11 is 1.10. The maximum atomic E-state index is 10.8. The summed E-state index contributed by atoms with van der Waals surface area (Å²) in [5.41, 5.74) is 0.791. The Kier molecular flexibility index (Phi) is 5.00. The SMILES string of the molecule is C#Cc1cc(CCCCCC)c([N+](=O)[O-])s1. The van der Waals surface area contributed by atoms with E-state index < -0.39 is 0 Å². The van der Waals surface area contributed by atoms with Gasteiger partial charge in [0.15, 0.2) is 0 Å². The summed E-state index contributed by atoms with van der Waals surface area (Å²) in [4.78, 5) is 11.1. The quantitative estimate of drug-likeness (QED) is 0.327. The third-order valence-electron chi connectivity index (χ3n) is 2.39. The van der Waals surface area contributed by atoms with Crippen molar-refractivity contribution in [3.8, 4) is 12.3 Å². The van der Waals surface area contributed by atoms with Crippen molar-refractivity contribution in [3.05, 3.63) is 26.6 Å². The average molecular weight is 237 g/mol. The fraction of sp³-hybridized carbons (Fsp3) is 0.500. The van der Waals surface area contributed by atoms with Gasteiger partial charge < -0.3 is 0 Å². The zero-order valence-corrected chi connectivity index (χ0v) is 10.2. The molecule has 0 amide bonds. The third-order valence-corrected chi connectivity index (χ3v) is 3.45. The number of hydrogen-bond donors (Lipinski definition) is 0. The van der Waals surface area contributed by atoms with E-state index in [1.807, 2.05) is 0 Å². The van der Waals surface area contributed by atoms with Gasteiger partial charge in [0.05, 0.1) is 9.80 Å². The normalized spacial score (nSPS) is 10.0. The highest BCUT2D eigenvalue weighted by molar-refractivity contribution is 7.16. The van der Waals surface area contributed by atoms with Crippen molar-refractivity contribution in [2.75, 3.05) is 0 Å². The van der Waals surface area contributed by atoms with E-state index in [4.69, 9.17) is 6.42 Å². The van der Waals surface area contributed by atoms with Gasteiger partial charge in [-0.05, 0) is 18.9 Å². The molecule has 1 rings (SSSR count). The molecule has 3 nitrogen and oxygen atoms in total. The van der Waals surface area contributed by atoms with Crippen LogP contribution in [0.3, 0.4) is 0 Å². The predicted octanol–water partition coefficient (Wildman–Crippen LogP) is 3.76. The fourth-order valence-corrected chi connectivity index (χ4v) is 2.40. The highest BCUT2D eigenvalue weighted by Crippen LogP contribution is 2.30. The van der Waals surface area contributed by atoms with Crippen molar-refractivity contribution < 1.29 is 4.92 Å². The van der Waals surface area contributed by atoms with Crippen LogP contribution in [0.4, 0.5) is 5.00 Å². The predicted molar refractivity (Wildman–Crippen MR) is 66.8 cm³/mol. The first-order valence-corrected chi connectivity index (χ1v) is 6.24. The minimum Gasteiger partial charge on any atom is -0.258 e. The summed E-state index contributed by atoms with van der Waals surface area (Å²) in [5, 5.41) is 11.0. The van der Waals surface area contributed by atoms with Crippen LogP contribution in [0, 0.1) is 22.5 Å². The molecule has 16 heavy (non-hydrogen) atoms. The van der Waals surface area contributed by atoms with E-state index in [0.29, 0.717) is 4.88 Å². The first kappa shape index (κ1) is 12.7. The molecule has 0 bridgehead atoms. The molecule has 0 aliphatic carbocycles. The molecule has 0 aliphatic heterocycles. The molecular formula is C12H15NO2S. The summed E-state index contributed by atoms with van der Waals surface area (Å²) in [5.74, 6) is 2.46. The van der Waals surface area contributed by atoms with Crippen molar-refractivity contribution >= 4 is 16.3 Å². The average Bonchev–Trinajstić information content (AvgIpc) is 2.68. The van der Waals surface area contributed by atoms with Gasteiger partial charge in [0.25, 0.3) is 0 Å². The Labute approximate surface area is 99.6 Å². The first-order valence-electron chi connectivity index (χ1n) is 5.42. The second-order valence-electron chi connectivity index (χ2n) is 3.65. The maximum absolute atomic E-state index is 10.8. The van der Waals surface area contributed by atoms with Gasteiger partial charge in [-0.2, -0.15) is 0 Å². The van der Waals surface area contributed by atoms with Crippen LogP contribution >= 0.6 is 11.3 Å². The summed E-state index contributed by atoms with van der Waals surface area (Å²) in [6.45, 7) is 2.14. The molecular weight excluding hydrogens is 222 g/mol. The number of nitro groups is 1. The lowest BCUT2D eigenvalue weighted by Crippen LogP contribution is -1.90. The van der Waals surface area contributed by atoms with Gasteiger partial charge in [0.2, 0.25) is 0 Å². The van der Waals surface area contributed by atoms with Crippen molar-refractivity contribution in [1.29, 1.82) is 0 Å². The summed E-state index contributed by atoms with van der Waals surface area (Å²) in [6.07, 6.45) is 10.5.